The van der Waals surface area contributed by atoms with Gasteiger partial charge < -0.3 is 5.32 Å². The number of rotatable bonds is 2. The van der Waals surface area contributed by atoms with Gasteiger partial charge in [0.15, 0.2) is 0 Å². The Labute approximate surface area is 79.9 Å². The lowest BCUT2D eigenvalue weighted by Crippen LogP contribution is -2.26. The van der Waals surface area contributed by atoms with Crippen molar-refractivity contribution in [1.29, 1.82) is 0 Å². The fourth-order valence-electron chi connectivity index (χ4n) is 1.16. The van der Waals surface area contributed by atoms with Crippen molar-refractivity contribution in [2.45, 2.75) is 18.9 Å². The summed E-state index contributed by atoms with van der Waals surface area (Å²) in [6.07, 6.45) is 1.88. The van der Waals surface area contributed by atoms with Crippen molar-refractivity contribution in [3.05, 3.63) is 35.4 Å². The highest BCUT2D eigenvalue weighted by Crippen LogP contribution is 2.20. The van der Waals surface area contributed by atoms with Crippen LogP contribution in [0, 0.1) is 11.6 Å². The zero-order valence-corrected chi connectivity index (χ0v) is 7.39. The molecule has 0 saturated heterocycles. The fraction of sp³-hybridized carbons (Fsp3) is 0.300. The van der Waals surface area contributed by atoms with Crippen LogP contribution in [-0.2, 0) is 0 Å². The van der Waals surface area contributed by atoms with Gasteiger partial charge in [-0.3, -0.25) is 4.79 Å². The molecule has 0 radical (unpaired) electrons. The molecule has 1 saturated carbocycles. The standard InChI is InChI=1S/C10H9F2NO/c11-6-1-4-8(9(12)5-6)10(14)13-7-2-3-7/h1,4-5,7H,2-3H2,(H,13,14). The summed E-state index contributed by atoms with van der Waals surface area (Å²) in [5, 5.41) is 2.63. The first kappa shape index (κ1) is 9.12. The van der Waals surface area contributed by atoms with E-state index >= 15 is 0 Å². The zero-order chi connectivity index (χ0) is 10.1. The van der Waals surface area contributed by atoms with Crippen molar-refractivity contribution >= 4 is 5.91 Å². The summed E-state index contributed by atoms with van der Waals surface area (Å²) in [4.78, 5) is 11.4. The lowest BCUT2D eigenvalue weighted by molar-refractivity contribution is 0.0947. The lowest BCUT2D eigenvalue weighted by Gasteiger charge is -2.03. The maximum atomic E-state index is 13.1. The summed E-state index contributed by atoms with van der Waals surface area (Å²) in [5.41, 5.74) is -0.0988. The monoisotopic (exact) mass is 197 g/mol. The number of hydrogen-bond acceptors (Lipinski definition) is 1. The summed E-state index contributed by atoms with van der Waals surface area (Å²) in [7, 11) is 0. The number of benzene rings is 1. The molecule has 1 fully saturated rings. The molecule has 2 rings (SSSR count). The Morgan fingerprint density at radius 1 is 1.36 bits per heavy atom. The van der Waals surface area contributed by atoms with Gasteiger partial charge in [-0.15, -0.1) is 0 Å². The van der Waals surface area contributed by atoms with Gasteiger partial charge in [-0.05, 0) is 25.0 Å². The van der Waals surface area contributed by atoms with Crippen molar-refractivity contribution in [3.8, 4) is 0 Å². The minimum absolute atomic E-state index is 0.0988. The molecule has 14 heavy (non-hydrogen) atoms. The molecule has 4 heteroatoms. The van der Waals surface area contributed by atoms with Gasteiger partial charge >= 0.3 is 0 Å². The highest BCUT2D eigenvalue weighted by molar-refractivity contribution is 5.94. The summed E-state index contributed by atoms with van der Waals surface area (Å²) >= 11 is 0. The predicted molar refractivity (Wildman–Crippen MR) is 46.8 cm³/mol. The highest BCUT2D eigenvalue weighted by Gasteiger charge is 2.24. The van der Waals surface area contributed by atoms with Gasteiger partial charge in [-0.2, -0.15) is 0 Å². The van der Waals surface area contributed by atoms with E-state index in [0.29, 0.717) is 6.07 Å². The second-order valence-corrected chi connectivity index (χ2v) is 3.37. The molecular weight excluding hydrogens is 188 g/mol. The van der Waals surface area contributed by atoms with Crippen LogP contribution in [0.25, 0.3) is 0 Å². The van der Waals surface area contributed by atoms with E-state index in [9.17, 15) is 13.6 Å². The molecule has 0 aromatic heterocycles. The summed E-state index contributed by atoms with van der Waals surface area (Å²) in [5.74, 6) is -1.96. The van der Waals surface area contributed by atoms with Gasteiger partial charge in [0.25, 0.3) is 5.91 Å². The Balaban J connectivity index is 2.17. The zero-order valence-electron chi connectivity index (χ0n) is 7.39. The first-order chi connectivity index (χ1) is 6.66. The van der Waals surface area contributed by atoms with E-state index < -0.39 is 17.5 Å². The maximum Gasteiger partial charge on any atom is 0.254 e. The van der Waals surface area contributed by atoms with Crippen LogP contribution in [0.15, 0.2) is 18.2 Å². The topological polar surface area (TPSA) is 29.1 Å². The van der Waals surface area contributed by atoms with Crippen LogP contribution >= 0.6 is 0 Å². The van der Waals surface area contributed by atoms with E-state index in [1.165, 1.54) is 0 Å². The average Bonchev–Trinajstić information content (AvgIpc) is 2.87. The third-order valence-electron chi connectivity index (χ3n) is 2.09. The van der Waals surface area contributed by atoms with E-state index in [1.54, 1.807) is 0 Å². The molecule has 0 bridgehead atoms. The van der Waals surface area contributed by atoms with E-state index in [4.69, 9.17) is 0 Å². The summed E-state index contributed by atoms with van der Waals surface area (Å²) in [6.45, 7) is 0. The van der Waals surface area contributed by atoms with Gasteiger partial charge in [0.2, 0.25) is 0 Å². The quantitative estimate of drug-likeness (QED) is 0.770. The van der Waals surface area contributed by atoms with E-state index in [-0.39, 0.29) is 11.6 Å². The Bertz CT molecular complexity index is 374. The lowest BCUT2D eigenvalue weighted by atomic mass is 10.2. The van der Waals surface area contributed by atoms with Crippen LogP contribution in [0.1, 0.15) is 23.2 Å². The molecule has 2 nitrogen and oxygen atoms in total. The second-order valence-electron chi connectivity index (χ2n) is 3.37. The molecule has 1 aliphatic rings. The first-order valence-electron chi connectivity index (χ1n) is 4.43. The van der Waals surface area contributed by atoms with Gasteiger partial charge in [0, 0.05) is 12.1 Å². The van der Waals surface area contributed by atoms with Crippen molar-refractivity contribution < 1.29 is 13.6 Å². The number of amides is 1. The van der Waals surface area contributed by atoms with Gasteiger partial charge in [-0.25, -0.2) is 8.78 Å². The van der Waals surface area contributed by atoms with Crippen LogP contribution in [0.4, 0.5) is 8.78 Å². The molecule has 0 atom stereocenters. The van der Waals surface area contributed by atoms with Gasteiger partial charge in [-0.1, -0.05) is 0 Å². The molecule has 0 spiro atoms. The minimum atomic E-state index is -0.817. The summed E-state index contributed by atoms with van der Waals surface area (Å²) in [6, 6.07) is 3.11. The number of carbonyl (C=O) groups is 1. The third kappa shape index (κ3) is 1.89. The molecule has 0 aliphatic heterocycles. The van der Waals surface area contributed by atoms with Gasteiger partial charge in [0.1, 0.15) is 11.6 Å². The van der Waals surface area contributed by atoms with E-state index in [1.807, 2.05) is 0 Å². The van der Waals surface area contributed by atoms with Crippen LogP contribution in [0.3, 0.4) is 0 Å². The molecule has 1 aromatic rings. The number of hydrogen-bond donors (Lipinski definition) is 1. The number of carbonyl (C=O) groups excluding carboxylic acids is 1. The van der Waals surface area contributed by atoms with Crippen LogP contribution in [0.2, 0.25) is 0 Å². The van der Waals surface area contributed by atoms with Crippen molar-refractivity contribution in [2.24, 2.45) is 0 Å². The van der Waals surface area contributed by atoms with Crippen molar-refractivity contribution in [3.63, 3.8) is 0 Å². The van der Waals surface area contributed by atoms with Crippen LogP contribution < -0.4 is 5.32 Å². The molecule has 0 heterocycles. The van der Waals surface area contributed by atoms with E-state index in [0.717, 1.165) is 25.0 Å². The number of halogens is 2. The molecular formula is C10H9F2NO. The van der Waals surface area contributed by atoms with Crippen molar-refractivity contribution in [2.75, 3.05) is 0 Å². The second kappa shape index (κ2) is 3.36. The minimum Gasteiger partial charge on any atom is -0.349 e. The normalized spacial score (nSPS) is 15.3. The SMILES string of the molecule is O=C(NC1CC1)c1ccc(F)cc1F. The Morgan fingerprint density at radius 3 is 2.64 bits per heavy atom. The Hall–Kier alpha value is -1.45. The molecule has 1 aliphatic carbocycles. The Morgan fingerprint density at radius 2 is 2.07 bits per heavy atom. The molecule has 1 N–H and O–H groups in total. The average molecular weight is 197 g/mol. The maximum absolute atomic E-state index is 13.1. The first-order valence-corrected chi connectivity index (χ1v) is 4.43. The molecule has 1 amide bonds. The summed E-state index contributed by atoms with van der Waals surface area (Å²) < 4.78 is 25.6. The molecule has 74 valence electrons. The highest BCUT2D eigenvalue weighted by atomic mass is 19.1. The largest absolute Gasteiger partial charge is 0.349 e. The van der Waals surface area contributed by atoms with Gasteiger partial charge in [0.05, 0.1) is 5.56 Å². The predicted octanol–water partition coefficient (Wildman–Crippen LogP) is 1.86. The molecule has 1 aromatic carbocycles. The van der Waals surface area contributed by atoms with Crippen LogP contribution in [0.5, 0.6) is 0 Å². The smallest absolute Gasteiger partial charge is 0.254 e. The fourth-order valence-corrected chi connectivity index (χ4v) is 1.16. The number of nitrogens with one attached hydrogen (secondary N) is 1. The van der Waals surface area contributed by atoms with Crippen LogP contribution in [-0.4, -0.2) is 11.9 Å². The molecule has 0 unspecified atom stereocenters. The van der Waals surface area contributed by atoms with E-state index in [2.05, 4.69) is 5.32 Å². The van der Waals surface area contributed by atoms with Crippen molar-refractivity contribution in [1.82, 2.24) is 5.32 Å². The Kier molecular flexibility index (Phi) is 2.19. The third-order valence-corrected chi connectivity index (χ3v) is 2.09.